The highest BCUT2D eigenvalue weighted by molar-refractivity contribution is 9.10. The molecule has 0 amide bonds. The minimum atomic E-state index is -4.86. The summed E-state index contributed by atoms with van der Waals surface area (Å²) in [5.74, 6) is -1.15. The van der Waals surface area contributed by atoms with Crippen LogP contribution in [0.3, 0.4) is 0 Å². The number of ether oxygens (including phenoxy) is 2. The monoisotopic (exact) mass is 337 g/mol. The highest BCUT2D eigenvalue weighted by atomic mass is 79.9. The average Bonchev–Trinajstić information content (AvgIpc) is 2.30. The minimum absolute atomic E-state index is 0.0114. The topological polar surface area (TPSA) is 59.3 Å². The van der Waals surface area contributed by atoms with Gasteiger partial charge in [-0.25, -0.2) is 0 Å². The molecule has 0 fully saturated rings. The van der Waals surface area contributed by atoms with Crippen LogP contribution < -0.4 is 4.74 Å². The van der Waals surface area contributed by atoms with Crippen LogP contribution in [0.2, 0.25) is 0 Å². The SMILES string of the molecule is COC(=O)Cc1cc(Br)c(OC(F)(F)F)cc1C#N. The zero-order valence-corrected chi connectivity index (χ0v) is 11.1. The Kier molecular flexibility index (Phi) is 4.78. The van der Waals surface area contributed by atoms with Crippen molar-refractivity contribution in [3.05, 3.63) is 27.7 Å². The van der Waals surface area contributed by atoms with Crippen LogP contribution in [0.25, 0.3) is 0 Å². The third-order valence-corrected chi connectivity index (χ3v) is 2.69. The maximum absolute atomic E-state index is 12.1. The number of nitriles is 1. The van der Waals surface area contributed by atoms with Crippen LogP contribution in [0.1, 0.15) is 11.1 Å². The lowest BCUT2D eigenvalue weighted by molar-refractivity contribution is -0.274. The van der Waals surface area contributed by atoms with Crippen molar-refractivity contribution in [2.75, 3.05) is 7.11 Å². The van der Waals surface area contributed by atoms with E-state index in [0.717, 1.165) is 6.07 Å². The first-order valence-corrected chi connectivity index (χ1v) is 5.61. The molecule has 0 unspecified atom stereocenters. The zero-order chi connectivity index (χ0) is 14.6. The van der Waals surface area contributed by atoms with E-state index in [2.05, 4.69) is 25.4 Å². The van der Waals surface area contributed by atoms with E-state index in [1.165, 1.54) is 13.2 Å². The largest absolute Gasteiger partial charge is 0.573 e. The molecular formula is C11H7BrF3NO3. The zero-order valence-electron chi connectivity index (χ0n) is 9.55. The van der Waals surface area contributed by atoms with Crippen molar-refractivity contribution in [3.8, 4) is 11.8 Å². The van der Waals surface area contributed by atoms with Crippen LogP contribution in [0.4, 0.5) is 13.2 Å². The van der Waals surface area contributed by atoms with Gasteiger partial charge in [-0.05, 0) is 33.6 Å². The number of alkyl halides is 3. The van der Waals surface area contributed by atoms with Crippen molar-refractivity contribution in [1.82, 2.24) is 0 Å². The molecule has 1 rings (SSSR count). The molecule has 0 aliphatic rings. The molecule has 0 aromatic heterocycles. The first-order valence-electron chi connectivity index (χ1n) is 4.82. The van der Waals surface area contributed by atoms with Crippen molar-refractivity contribution < 1.29 is 27.4 Å². The fourth-order valence-electron chi connectivity index (χ4n) is 1.28. The summed E-state index contributed by atoms with van der Waals surface area (Å²) >= 11 is 2.89. The van der Waals surface area contributed by atoms with Gasteiger partial charge >= 0.3 is 12.3 Å². The summed E-state index contributed by atoms with van der Waals surface area (Å²) in [5.41, 5.74) is 0.156. The molecule has 0 bridgehead atoms. The van der Waals surface area contributed by atoms with Crippen LogP contribution in [-0.2, 0) is 16.0 Å². The van der Waals surface area contributed by atoms with Crippen LogP contribution >= 0.6 is 15.9 Å². The predicted octanol–water partition coefficient (Wildman–Crippen LogP) is 2.93. The molecule has 0 aliphatic carbocycles. The molecule has 0 N–H and O–H groups in total. The molecule has 0 aliphatic heterocycles. The van der Waals surface area contributed by atoms with Crippen molar-refractivity contribution in [2.24, 2.45) is 0 Å². The Bertz CT molecular complexity index is 537. The number of hydrogen-bond acceptors (Lipinski definition) is 4. The van der Waals surface area contributed by atoms with Crippen molar-refractivity contribution >= 4 is 21.9 Å². The fourth-order valence-corrected chi connectivity index (χ4v) is 1.75. The number of methoxy groups -OCH3 is 1. The van der Waals surface area contributed by atoms with E-state index >= 15 is 0 Å². The van der Waals surface area contributed by atoms with Crippen molar-refractivity contribution in [1.29, 1.82) is 5.26 Å². The molecule has 0 saturated carbocycles. The molecule has 19 heavy (non-hydrogen) atoms. The number of benzene rings is 1. The lowest BCUT2D eigenvalue weighted by atomic mass is 10.1. The Morgan fingerprint density at radius 2 is 2.11 bits per heavy atom. The molecule has 0 radical (unpaired) electrons. The van der Waals surface area contributed by atoms with Gasteiger partial charge in [-0.1, -0.05) is 0 Å². The summed E-state index contributed by atoms with van der Waals surface area (Å²) in [4.78, 5) is 11.1. The van der Waals surface area contributed by atoms with Gasteiger partial charge in [0.1, 0.15) is 5.75 Å². The van der Waals surface area contributed by atoms with Gasteiger partial charge in [0.15, 0.2) is 0 Å². The maximum Gasteiger partial charge on any atom is 0.573 e. The van der Waals surface area contributed by atoms with E-state index in [9.17, 15) is 18.0 Å². The lowest BCUT2D eigenvalue weighted by Crippen LogP contribution is -2.18. The molecular weight excluding hydrogens is 331 g/mol. The predicted molar refractivity (Wildman–Crippen MR) is 61.3 cm³/mol. The number of hydrogen-bond donors (Lipinski definition) is 0. The summed E-state index contributed by atoms with van der Waals surface area (Å²) < 4.78 is 44.5. The van der Waals surface area contributed by atoms with Crippen LogP contribution in [0, 0.1) is 11.3 Å². The minimum Gasteiger partial charge on any atom is -0.469 e. The average molecular weight is 338 g/mol. The van der Waals surface area contributed by atoms with Gasteiger partial charge in [0.2, 0.25) is 0 Å². The molecule has 4 nitrogen and oxygen atoms in total. The Hall–Kier alpha value is -1.75. The molecule has 0 atom stereocenters. The first-order chi connectivity index (χ1) is 8.76. The van der Waals surface area contributed by atoms with Gasteiger partial charge in [0, 0.05) is 0 Å². The second-order valence-corrected chi connectivity index (χ2v) is 4.21. The van der Waals surface area contributed by atoms with Crippen LogP contribution in [0.15, 0.2) is 16.6 Å². The Morgan fingerprint density at radius 1 is 1.47 bits per heavy atom. The summed E-state index contributed by atoms with van der Waals surface area (Å²) in [6.07, 6.45) is -5.08. The van der Waals surface area contributed by atoms with Crippen LogP contribution in [0.5, 0.6) is 5.75 Å². The molecule has 102 valence electrons. The number of esters is 1. The third-order valence-electron chi connectivity index (χ3n) is 2.07. The summed E-state index contributed by atoms with van der Waals surface area (Å²) in [5, 5.41) is 8.86. The maximum atomic E-state index is 12.1. The van der Waals surface area contributed by atoms with E-state index in [0.29, 0.717) is 0 Å². The molecule has 8 heteroatoms. The van der Waals surface area contributed by atoms with Gasteiger partial charge in [0.05, 0.1) is 29.6 Å². The second kappa shape index (κ2) is 5.93. The van der Waals surface area contributed by atoms with Crippen molar-refractivity contribution in [3.63, 3.8) is 0 Å². The Labute approximate surface area is 114 Å². The standard InChI is InChI=1S/C11H7BrF3NO3/c1-18-10(17)4-6-2-8(12)9(3-7(6)5-16)19-11(13,14)15/h2-3H,4H2,1H3. The van der Waals surface area contributed by atoms with Gasteiger partial charge in [-0.15, -0.1) is 13.2 Å². The summed E-state index contributed by atoms with van der Waals surface area (Å²) in [7, 11) is 1.17. The number of halogens is 4. The fraction of sp³-hybridized carbons (Fsp3) is 0.273. The number of rotatable bonds is 3. The van der Waals surface area contributed by atoms with E-state index in [4.69, 9.17) is 5.26 Å². The summed E-state index contributed by atoms with van der Waals surface area (Å²) in [6, 6.07) is 3.83. The van der Waals surface area contributed by atoms with E-state index in [-0.39, 0.29) is 22.0 Å². The van der Waals surface area contributed by atoms with Gasteiger partial charge < -0.3 is 9.47 Å². The number of nitrogens with zero attached hydrogens (tertiary/aromatic N) is 1. The second-order valence-electron chi connectivity index (χ2n) is 3.35. The Balaban J connectivity index is 3.15. The van der Waals surface area contributed by atoms with E-state index in [1.54, 1.807) is 6.07 Å². The Morgan fingerprint density at radius 3 is 2.58 bits per heavy atom. The molecule has 0 spiro atoms. The van der Waals surface area contributed by atoms with Gasteiger partial charge in [-0.3, -0.25) is 4.79 Å². The first kappa shape index (κ1) is 15.3. The quantitative estimate of drug-likeness (QED) is 0.795. The van der Waals surface area contributed by atoms with Gasteiger partial charge in [0.25, 0.3) is 0 Å². The van der Waals surface area contributed by atoms with Gasteiger partial charge in [-0.2, -0.15) is 5.26 Å². The van der Waals surface area contributed by atoms with E-state index < -0.39 is 18.1 Å². The normalized spacial score (nSPS) is 10.7. The molecule has 1 aromatic carbocycles. The molecule has 0 saturated heterocycles. The smallest absolute Gasteiger partial charge is 0.469 e. The highest BCUT2D eigenvalue weighted by Gasteiger charge is 2.32. The number of carbonyl (C=O) groups excluding carboxylic acids is 1. The number of carbonyl (C=O) groups is 1. The lowest BCUT2D eigenvalue weighted by Gasteiger charge is -2.12. The van der Waals surface area contributed by atoms with Crippen molar-refractivity contribution in [2.45, 2.75) is 12.8 Å². The summed E-state index contributed by atoms with van der Waals surface area (Å²) in [6.45, 7) is 0. The molecule has 0 heterocycles. The van der Waals surface area contributed by atoms with E-state index in [1.807, 2.05) is 0 Å². The van der Waals surface area contributed by atoms with Crippen LogP contribution in [-0.4, -0.2) is 19.4 Å². The highest BCUT2D eigenvalue weighted by Crippen LogP contribution is 2.33. The molecule has 1 aromatic rings. The third kappa shape index (κ3) is 4.44.